The molecule has 0 heterocycles. The van der Waals surface area contributed by atoms with Gasteiger partial charge in [-0.25, -0.2) is 0 Å². The largest absolute Gasteiger partial charge is 0.548 e. The van der Waals surface area contributed by atoms with Crippen LogP contribution in [-0.2, 0) is 4.43 Å². The lowest BCUT2D eigenvalue weighted by atomic mass is 9.87. The Bertz CT molecular complexity index is 309. The monoisotopic (exact) mass is 257 g/mol. The van der Waals surface area contributed by atoms with Crippen molar-refractivity contribution < 1.29 is 9.35 Å². The molecule has 0 bridgehead atoms. The maximum Gasteiger partial charge on any atom is 0.241 e. The fourth-order valence-electron chi connectivity index (χ4n) is 2.31. The minimum atomic E-state index is -1.58. The van der Waals surface area contributed by atoms with Gasteiger partial charge in [0.1, 0.15) is 0 Å². The molecule has 0 radical (unpaired) electrons. The Hall–Kier alpha value is -0.843. The molecular formula is C12H23NO3Si. The number of hydrogen-bond donors (Lipinski definition) is 0. The van der Waals surface area contributed by atoms with Gasteiger partial charge in [-0.2, -0.15) is 0 Å². The third-order valence-corrected chi connectivity index (χ3v) is 3.86. The average Bonchev–Trinajstić information content (AvgIpc) is 2.15. The second kappa shape index (κ2) is 5.66. The van der Waals surface area contributed by atoms with Gasteiger partial charge in [0.2, 0.25) is 14.4 Å². The van der Waals surface area contributed by atoms with E-state index in [0.717, 1.165) is 25.0 Å². The Kier molecular flexibility index (Phi) is 4.74. The molecule has 0 N–H and O–H groups in total. The predicted octanol–water partition coefficient (Wildman–Crippen LogP) is 3.58. The standard InChI is InChI=1S/C12H23NO3Si/c1-5-12(13(14)15)10-7-6-8-11(9-10)16-17(2,3)4/h9-10,12H,5-8H2,1-4H3/t10-,12+/m1/s1. The van der Waals surface area contributed by atoms with Crippen molar-refractivity contribution >= 4 is 8.32 Å². The smallest absolute Gasteiger partial charge is 0.241 e. The lowest BCUT2D eigenvalue weighted by molar-refractivity contribution is -0.530. The summed E-state index contributed by atoms with van der Waals surface area (Å²) in [6.45, 7) is 8.31. The van der Waals surface area contributed by atoms with Gasteiger partial charge in [-0.15, -0.1) is 0 Å². The minimum Gasteiger partial charge on any atom is -0.548 e. The Balaban J connectivity index is 2.75. The van der Waals surface area contributed by atoms with Crippen LogP contribution in [0.5, 0.6) is 0 Å². The van der Waals surface area contributed by atoms with E-state index < -0.39 is 14.4 Å². The van der Waals surface area contributed by atoms with E-state index in [1.54, 1.807) is 0 Å². The number of allylic oxidation sites excluding steroid dienone is 1. The molecule has 0 amide bonds. The van der Waals surface area contributed by atoms with Crippen molar-refractivity contribution in [1.29, 1.82) is 0 Å². The Morgan fingerprint density at radius 1 is 1.59 bits per heavy atom. The Morgan fingerprint density at radius 2 is 2.24 bits per heavy atom. The van der Waals surface area contributed by atoms with Crippen molar-refractivity contribution in [1.82, 2.24) is 0 Å². The van der Waals surface area contributed by atoms with Gasteiger partial charge in [0.25, 0.3) is 0 Å². The fraction of sp³-hybridized carbons (Fsp3) is 0.833. The molecule has 1 rings (SSSR count). The van der Waals surface area contributed by atoms with Crippen LogP contribution in [0.15, 0.2) is 11.8 Å². The van der Waals surface area contributed by atoms with Gasteiger partial charge in [0.05, 0.1) is 5.76 Å². The first kappa shape index (κ1) is 14.2. The Labute approximate surface area is 104 Å². The van der Waals surface area contributed by atoms with Gasteiger partial charge in [0.15, 0.2) is 0 Å². The number of hydrogen-bond acceptors (Lipinski definition) is 3. The van der Waals surface area contributed by atoms with E-state index in [1.807, 2.05) is 13.0 Å². The van der Waals surface area contributed by atoms with Crippen molar-refractivity contribution in [2.24, 2.45) is 5.92 Å². The van der Waals surface area contributed by atoms with Crippen molar-refractivity contribution in [2.75, 3.05) is 0 Å². The summed E-state index contributed by atoms with van der Waals surface area (Å²) in [7, 11) is -1.58. The van der Waals surface area contributed by atoms with Crippen LogP contribution < -0.4 is 0 Å². The number of nitrogens with zero attached hydrogens (tertiary/aromatic N) is 1. The summed E-state index contributed by atoms with van der Waals surface area (Å²) in [5.41, 5.74) is 0. The van der Waals surface area contributed by atoms with E-state index >= 15 is 0 Å². The molecule has 5 heteroatoms. The highest BCUT2D eigenvalue weighted by Gasteiger charge is 2.31. The second-order valence-corrected chi connectivity index (χ2v) is 10.1. The third kappa shape index (κ3) is 4.50. The molecule has 0 aromatic heterocycles. The zero-order valence-electron chi connectivity index (χ0n) is 11.2. The normalized spacial score (nSPS) is 22.8. The summed E-state index contributed by atoms with van der Waals surface area (Å²) >= 11 is 0. The second-order valence-electron chi connectivity index (χ2n) is 5.66. The van der Waals surface area contributed by atoms with Crippen molar-refractivity contribution in [3.05, 3.63) is 21.9 Å². The zero-order valence-corrected chi connectivity index (χ0v) is 12.2. The lowest BCUT2D eigenvalue weighted by Gasteiger charge is -2.27. The van der Waals surface area contributed by atoms with Crippen molar-refractivity contribution in [3.8, 4) is 0 Å². The molecule has 98 valence electrons. The lowest BCUT2D eigenvalue weighted by Crippen LogP contribution is -2.31. The summed E-state index contributed by atoms with van der Waals surface area (Å²) in [4.78, 5) is 10.8. The first-order valence-electron chi connectivity index (χ1n) is 6.36. The molecule has 1 aliphatic carbocycles. The average molecular weight is 257 g/mol. The van der Waals surface area contributed by atoms with E-state index in [4.69, 9.17) is 4.43 Å². The minimum absolute atomic E-state index is 0.0510. The van der Waals surface area contributed by atoms with Crippen LogP contribution in [0.3, 0.4) is 0 Å². The van der Waals surface area contributed by atoms with Crippen LogP contribution in [-0.4, -0.2) is 19.3 Å². The van der Waals surface area contributed by atoms with E-state index in [9.17, 15) is 10.1 Å². The topological polar surface area (TPSA) is 52.4 Å². The number of rotatable bonds is 5. The van der Waals surface area contributed by atoms with E-state index in [0.29, 0.717) is 6.42 Å². The molecule has 0 saturated carbocycles. The van der Waals surface area contributed by atoms with E-state index in [1.165, 1.54) is 0 Å². The molecule has 0 unspecified atom stereocenters. The molecule has 1 aliphatic rings. The summed E-state index contributed by atoms with van der Waals surface area (Å²) in [6, 6.07) is -0.449. The van der Waals surface area contributed by atoms with Crippen LogP contribution in [0.1, 0.15) is 32.6 Å². The summed E-state index contributed by atoms with van der Waals surface area (Å²) in [5.74, 6) is 1.04. The maximum absolute atomic E-state index is 11.0. The van der Waals surface area contributed by atoms with Gasteiger partial charge in [-0.3, -0.25) is 10.1 Å². The molecule has 0 fully saturated rings. The highest BCUT2D eigenvalue weighted by atomic mass is 28.4. The first-order valence-corrected chi connectivity index (χ1v) is 9.77. The summed E-state index contributed by atoms with van der Waals surface area (Å²) < 4.78 is 5.96. The van der Waals surface area contributed by atoms with Crippen molar-refractivity contribution in [2.45, 2.75) is 58.3 Å². The molecule has 2 atom stereocenters. The molecule has 0 saturated heterocycles. The van der Waals surface area contributed by atoms with E-state index in [-0.39, 0.29) is 10.8 Å². The van der Waals surface area contributed by atoms with Crippen LogP contribution in [0.2, 0.25) is 19.6 Å². The fourth-order valence-corrected chi connectivity index (χ4v) is 3.26. The highest BCUT2D eigenvalue weighted by Crippen LogP contribution is 2.29. The van der Waals surface area contributed by atoms with E-state index in [2.05, 4.69) is 19.6 Å². The third-order valence-electron chi connectivity index (χ3n) is 2.98. The maximum atomic E-state index is 11.0. The molecule has 17 heavy (non-hydrogen) atoms. The van der Waals surface area contributed by atoms with Crippen LogP contribution in [0.4, 0.5) is 0 Å². The van der Waals surface area contributed by atoms with Crippen LogP contribution >= 0.6 is 0 Å². The molecule has 0 spiro atoms. The Morgan fingerprint density at radius 3 is 2.71 bits per heavy atom. The number of nitro groups is 1. The van der Waals surface area contributed by atoms with Gasteiger partial charge in [0, 0.05) is 23.7 Å². The summed E-state index contributed by atoms with van der Waals surface area (Å²) in [5, 5.41) is 11.0. The molecular weight excluding hydrogens is 234 g/mol. The van der Waals surface area contributed by atoms with Crippen LogP contribution in [0, 0.1) is 16.0 Å². The van der Waals surface area contributed by atoms with Gasteiger partial charge < -0.3 is 4.43 Å². The van der Waals surface area contributed by atoms with Crippen molar-refractivity contribution in [3.63, 3.8) is 0 Å². The summed E-state index contributed by atoms with van der Waals surface area (Å²) in [6.07, 6.45) is 5.46. The SMILES string of the molecule is CC[C@@H]([C@H]1C=C(O[Si](C)(C)C)CCC1)[N+](=O)[O-]. The predicted molar refractivity (Wildman–Crippen MR) is 70.9 cm³/mol. The quantitative estimate of drug-likeness (QED) is 0.430. The molecule has 0 aromatic rings. The highest BCUT2D eigenvalue weighted by molar-refractivity contribution is 6.70. The molecule has 0 aliphatic heterocycles. The zero-order chi connectivity index (χ0) is 13.1. The van der Waals surface area contributed by atoms with Gasteiger partial charge in [-0.1, -0.05) is 6.92 Å². The molecule has 0 aromatic carbocycles. The van der Waals surface area contributed by atoms with Crippen LogP contribution in [0.25, 0.3) is 0 Å². The van der Waals surface area contributed by atoms with Gasteiger partial charge >= 0.3 is 0 Å². The molecule has 4 nitrogen and oxygen atoms in total. The van der Waals surface area contributed by atoms with Gasteiger partial charge in [-0.05, 0) is 38.6 Å². The first-order chi connectivity index (χ1) is 7.83.